The second-order valence-electron chi connectivity index (χ2n) is 4.51. The van der Waals surface area contributed by atoms with E-state index in [9.17, 15) is 13.2 Å². The average molecular weight is 320 g/mol. The molecule has 1 aromatic carbocycles. The van der Waals surface area contributed by atoms with Crippen LogP contribution < -0.4 is 5.14 Å². The third-order valence-corrected chi connectivity index (χ3v) is 4.20. The molecule has 0 aliphatic carbocycles. The van der Waals surface area contributed by atoms with Crippen molar-refractivity contribution in [3.63, 3.8) is 0 Å². The van der Waals surface area contributed by atoms with Gasteiger partial charge in [0.15, 0.2) is 0 Å². The summed E-state index contributed by atoms with van der Waals surface area (Å²) in [5.41, 5.74) is -0.0166. The zero-order valence-electron chi connectivity index (χ0n) is 10.5. The van der Waals surface area contributed by atoms with Crippen molar-refractivity contribution < 1.29 is 22.7 Å². The second kappa shape index (κ2) is 6.09. The molecule has 1 heterocycles. The van der Waals surface area contributed by atoms with Gasteiger partial charge in [-0.3, -0.25) is 0 Å². The molecule has 8 heteroatoms. The average Bonchev–Trinajstić information content (AvgIpc) is 2.88. The Morgan fingerprint density at radius 2 is 2.25 bits per heavy atom. The van der Waals surface area contributed by atoms with Crippen LogP contribution in [0.5, 0.6) is 0 Å². The highest BCUT2D eigenvalue weighted by Crippen LogP contribution is 2.21. The molecule has 1 fully saturated rings. The number of rotatable bonds is 4. The molecule has 0 spiro atoms. The van der Waals surface area contributed by atoms with Crippen molar-refractivity contribution in [3.05, 3.63) is 28.8 Å². The maximum Gasteiger partial charge on any atom is 0.339 e. The van der Waals surface area contributed by atoms with Crippen LogP contribution >= 0.6 is 11.6 Å². The Hall–Kier alpha value is -1.15. The first kappa shape index (κ1) is 15.2. The van der Waals surface area contributed by atoms with E-state index in [-0.39, 0.29) is 28.0 Å². The van der Waals surface area contributed by atoms with Gasteiger partial charge in [0.05, 0.1) is 28.7 Å². The molecule has 1 saturated heterocycles. The van der Waals surface area contributed by atoms with Gasteiger partial charge in [-0.2, -0.15) is 0 Å². The largest absolute Gasteiger partial charge is 0.462 e. The van der Waals surface area contributed by atoms with Crippen molar-refractivity contribution in [2.75, 3.05) is 19.8 Å². The topological polar surface area (TPSA) is 95.7 Å². The lowest BCUT2D eigenvalue weighted by molar-refractivity contribution is 0.0428. The zero-order valence-corrected chi connectivity index (χ0v) is 12.1. The van der Waals surface area contributed by atoms with Crippen molar-refractivity contribution in [1.29, 1.82) is 0 Å². The predicted octanol–water partition coefficient (Wildman–Crippen LogP) is 1.18. The van der Waals surface area contributed by atoms with Gasteiger partial charge in [-0.15, -0.1) is 0 Å². The highest BCUT2D eigenvalue weighted by atomic mass is 35.5. The Morgan fingerprint density at radius 1 is 1.50 bits per heavy atom. The van der Waals surface area contributed by atoms with E-state index in [0.717, 1.165) is 12.5 Å². The third-order valence-electron chi connectivity index (χ3n) is 2.96. The van der Waals surface area contributed by atoms with Crippen LogP contribution in [0.25, 0.3) is 0 Å². The molecule has 0 saturated carbocycles. The van der Waals surface area contributed by atoms with E-state index in [4.69, 9.17) is 26.2 Å². The van der Waals surface area contributed by atoms with E-state index in [1.54, 1.807) is 0 Å². The fourth-order valence-corrected chi connectivity index (χ4v) is 2.56. The number of hydrogen-bond donors (Lipinski definition) is 1. The molecule has 20 heavy (non-hydrogen) atoms. The number of primary sulfonamides is 1. The molecule has 6 nitrogen and oxygen atoms in total. The van der Waals surface area contributed by atoms with Crippen LogP contribution in [0.15, 0.2) is 23.1 Å². The number of sulfonamides is 1. The van der Waals surface area contributed by atoms with Gasteiger partial charge in [0.2, 0.25) is 10.0 Å². The van der Waals surface area contributed by atoms with Gasteiger partial charge >= 0.3 is 5.97 Å². The SMILES string of the molecule is NS(=O)(=O)c1ccc(Cl)c(C(=O)OCC2CCOC2)c1. The van der Waals surface area contributed by atoms with Crippen molar-refractivity contribution in [2.45, 2.75) is 11.3 Å². The van der Waals surface area contributed by atoms with Gasteiger partial charge in [0.1, 0.15) is 0 Å². The van der Waals surface area contributed by atoms with Crippen LogP contribution in [0, 0.1) is 5.92 Å². The minimum Gasteiger partial charge on any atom is -0.462 e. The van der Waals surface area contributed by atoms with E-state index >= 15 is 0 Å². The fraction of sp³-hybridized carbons (Fsp3) is 0.417. The van der Waals surface area contributed by atoms with Crippen LogP contribution in [0.4, 0.5) is 0 Å². The number of carbonyl (C=O) groups excluding carboxylic acids is 1. The van der Waals surface area contributed by atoms with E-state index in [0.29, 0.717) is 13.2 Å². The van der Waals surface area contributed by atoms with Gasteiger partial charge in [-0.05, 0) is 24.6 Å². The number of halogens is 1. The summed E-state index contributed by atoms with van der Waals surface area (Å²) in [7, 11) is -3.89. The normalized spacial score (nSPS) is 19.0. The Balaban J connectivity index is 2.12. The molecule has 0 radical (unpaired) electrons. The van der Waals surface area contributed by atoms with Crippen molar-refractivity contribution in [1.82, 2.24) is 0 Å². The summed E-state index contributed by atoms with van der Waals surface area (Å²) in [6.07, 6.45) is 0.832. The van der Waals surface area contributed by atoms with Crippen molar-refractivity contribution in [3.8, 4) is 0 Å². The molecule has 1 unspecified atom stereocenters. The third kappa shape index (κ3) is 3.69. The van der Waals surface area contributed by atoms with Crippen molar-refractivity contribution in [2.24, 2.45) is 11.1 Å². The molecular weight excluding hydrogens is 306 g/mol. The Morgan fingerprint density at radius 3 is 2.85 bits per heavy atom. The summed E-state index contributed by atoms with van der Waals surface area (Å²) >= 11 is 5.88. The number of esters is 1. The molecule has 2 rings (SSSR count). The molecule has 1 aliphatic heterocycles. The van der Waals surface area contributed by atoms with E-state index < -0.39 is 16.0 Å². The summed E-state index contributed by atoms with van der Waals surface area (Å²) < 4.78 is 32.8. The molecular formula is C12H14ClNO5S. The Kier molecular flexibility index (Phi) is 4.64. The first-order valence-corrected chi connectivity index (χ1v) is 7.87. The summed E-state index contributed by atoms with van der Waals surface area (Å²) in [5, 5.41) is 5.13. The number of carbonyl (C=O) groups is 1. The summed E-state index contributed by atoms with van der Waals surface area (Å²) in [4.78, 5) is 11.7. The lowest BCUT2D eigenvalue weighted by Crippen LogP contribution is -2.16. The Bertz CT molecular complexity index is 610. The quantitative estimate of drug-likeness (QED) is 0.841. The molecule has 0 amide bonds. The zero-order chi connectivity index (χ0) is 14.8. The van der Waals surface area contributed by atoms with Gasteiger partial charge in [0, 0.05) is 12.5 Å². The number of benzene rings is 1. The molecule has 110 valence electrons. The highest BCUT2D eigenvalue weighted by molar-refractivity contribution is 7.89. The minimum absolute atomic E-state index is 0.0166. The smallest absolute Gasteiger partial charge is 0.339 e. The van der Waals surface area contributed by atoms with Gasteiger partial charge < -0.3 is 9.47 Å². The maximum atomic E-state index is 11.9. The van der Waals surface area contributed by atoms with Crippen molar-refractivity contribution >= 4 is 27.6 Å². The fourth-order valence-electron chi connectivity index (χ4n) is 1.82. The molecule has 2 N–H and O–H groups in total. The first-order valence-electron chi connectivity index (χ1n) is 5.95. The van der Waals surface area contributed by atoms with Crippen LogP contribution in [0.2, 0.25) is 5.02 Å². The molecule has 1 aliphatic rings. The number of hydrogen-bond acceptors (Lipinski definition) is 5. The monoisotopic (exact) mass is 319 g/mol. The Labute approximate surface area is 121 Å². The molecule has 1 aromatic rings. The van der Waals surface area contributed by atoms with Gasteiger partial charge in [-0.1, -0.05) is 11.6 Å². The van der Waals surface area contributed by atoms with E-state index in [1.165, 1.54) is 12.1 Å². The minimum atomic E-state index is -3.89. The standard InChI is InChI=1S/C12H14ClNO5S/c13-11-2-1-9(20(14,16)17)5-10(11)12(15)19-7-8-3-4-18-6-8/h1-2,5,8H,3-4,6-7H2,(H2,14,16,17). The van der Waals surface area contributed by atoms with Crippen LogP contribution in [-0.2, 0) is 19.5 Å². The van der Waals surface area contributed by atoms with Gasteiger partial charge in [-0.25, -0.2) is 18.4 Å². The van der Waals surface area contributed by atoms with E-state index in [1.807, 2.05) is 0 Å². The maximum absolute atomic E-state index is 11.9. The predicted molar refractivity (Wildman–Crippen MR) is 72.0 cm³/mol. The van der Waals surface area contributed by atoms with E-state index in [2.05, 4.69) is 0 Å². The lowest BCUT2D eigenvalue weighted by atomic mass is 10.1. The number of ether oxygens (including phenoxy) is 2. The second-order valence-corrected chi connectivity index (χ2v) is 6.48. The number of nitrogens with two attached hydrogens (primary N) is 1. The summed E-state index contributed by atoms with van der Waals surface area (Å²) in [6.45, 7) is 1.43. The summed E-state index contributed by atoms with van der Waals surface area (Å²) in [6, 6.07) is 3.65. The van der Waals surface area contributed by atoms with Gasteiger partial charge in [0.25, 0.3) is 0 Å². The van der Waals surface area contributed by atoms with Crippen LogP contribution in [0.3, 0.4) is 0 Å². The molecule has 0 aromatic heterocycles. The molecule has 1 atom stereocenters. The summed E-state index contributed by atoms with van der Waals surface area (Å²) in [5.74, 6) is -0.508. The highest BCUT2D eigenvalue weighted by Gasteiger charge is 2.20. The van der Waals surface area contributed by atoms with Crippen LogP contribution in [0.1, 0.15) is 16.8 Å². The first-order chi connectivity index (χ1) is 9.38. The molecule has 0 bridgehead atoms. The lowest BCUT2D eigenvalue weighted by Gasteiger charge is -2.10. The van der Waals surface area contributed by atoms with Crippen LogP contribution in [-0.4, -0.2) is 34.2 Å².